The molecule has 0 bridgehead atoms. The average Bonchev–Trinajstić information content (AvgIpc) is 3.12. The maximum Gasteiger partial charge on any atom is 0.305 e. The second-order valence-corrected chi connectivity index (χ2v) is 11.3. The van der Waals surface area contributed by atoms with Crippen molar-refractivity contribution in [2.24, 2.45) is 5.41 Å². The van der Waals surface area contributed by atoms with Gasteiger partial charge in [-0.1, -0.05) is 52.8 Å². The predicted molar refractivity (Wildman–Crippen MR) is 136 cm³/mol. The fraction of sp³-hybridized carbons (Fsp3) is 0.607. The van der Waals surface area contributed by atoms with E-state index in [1.807, 2.05) is 11.3 Å². The van der Waals surface area contributed by atoms with E-state index in [2.05, 4.69) is 72.7 Å². The summed E-state index contributed by atoms with van der Waals surface area (Å²) in [6, 6.07) is 9.13. The molecule has 1 aromatic heterocycles. The van der Waals surface area contributed by atoms with E-state index in [0.717, 1.165) is 25.7 Å². The third-order valence-corrected chi connectivity index (χ3v) is 8.57. The molecule has 1 unspecified atom stereocenters. The van der Waals surface area contributed by atoms with Crippen LogP contribution in [0, 0.1) is 19.3 Å². The maximum absolute atomic E-state index is 11.5. The van der Waals surface area contributed by atoms with Gasteiger partial charge in [0, 0.05) is 21.6 Å². The van der Waals surface area contributed by atoms with Gasteiger partial charge in [0.1, 0.15) is 0 Å². The van der Waals surface area contributed by atoms with Gasteiger partial charge in [0.15, 0.2) is 0 Å². The molecule has 0 aliphatic carbocycles. The first-order valence-corrected chi connectivity index (χ1v) is 12.7. The second-order valence-electron chi connectivity index (χ2n) is 10.1. The number of methoxy groups -OCH3 is 1. The highest BCUT2D eigenvalue weighted by atomic mass is 32.1. The van der Waals surface area contributed by atoms with Crippen LogP contribution in [0.15, 0.2) is 24.3 Å². The number of aliphatic hydroxyl groups is 1. The van der Waals surface area contributed by atoms with E-state index in [1.54, 1.807) is 0 Å². The molecule has 0 aliphatic rings. The molecule has 0 saturated heterocycles. The van der Waals surface area contributed by atoms with Gasteiger partial charge in [0.25, 0.3) is 0 Å². The Kier molecular flexibility index (Phi) is 9.13. The molecule has 0 saturated carbocycles. The fourth-order valence-corrected chi connectivity index (χ4v) is 6.01. The van der Waals surface area contributed by atoms with Gasteiger partial charge in [-0.3, -0.25) is 4.79 Å². The number of hydrogen-bond donors (Lipinski definition) is 1. The Balaban J connectivity index is 2.32. The highest BCUT2D eigenvalue weighted by Gasteiger charge is 2.33. The molecule has 0 spiro atoms. The number of carbonyl (C=O) groups is 1. The van der Waals surface area contributed by atoms with Gasteiger partial charge in [-0.15, -0.1) is 11.3 Å². The molecule has 1 heterocycles. The summed E-state index contributed by atoms with van der Waals surface area (Å²) in [7, 11) is 1.44. The van der Waals surface area contributed by atoms with Crippen molar-refractivity contribution in [1.29, 1.82) is 0 Å². The molecule has 0 radical (unpaired) electrons. The molecule has 3 nitrogen and oxygen atoms in total. The molecule has 178 valence electrons. The van der Waals surface area contributed by atoms with Crippen LogP contribution >= 0.6 is 11.3 Å². The molecular formula is C28H42O3S. The third-order valence-electron chi connectivity index (χ3n) is 7.07. The normalized spacial score (nSPS) is 13.3. The molecular weight excluding hydrogens is 416 g/mol. The number of aryl methyl sites for hydroxylation is 4. The molecule has 1 N–H and O–H groups in total. The lowest BCUT2D eigenvalue weighted by Gasteiger charge is -2.32. The van der Waals surface area contributed by atoms with Gasteiger partial charge in [-0.25, -0.2) is 0 Å². The van der Waals surface area contributed by atoms with E-state index in [9.17, 15) is 9.90 Å². The number of esters is 1. The summed E-state index contributed by atoms with van der Waals surface area (Å²) in [6.07, 6.45) is 4.62. The zero-order valence-electron chi connectivity index (χ0n) is 21.3. The van der Waals surface area contributed by atoms with Gasteiger partial charge >= 0.3 is 5.97 Å². The Bertz CT molecular complexity index is 900. The quantitative estimate of drug-likeness (QED) is 0.393. The molecule has 1 aromatic carbocycles. The van der Waals surface area contributed by atoms with Crippen LogP contribution in [-0.4, -0.2) is 24.3 Å². The van der Waals surface area contributed by atoms with Crippen molar-refractivity contribution in [1.82, 2.24) is 0 Å². The molecule has 2 aromatic rings. The summed E-state index contributed by atoms with van der Waals surface area (Å²) < 4.78 is 4.80. The molecule has 0 fully saturated rings. The minimum absolute atomic E-state index is 0.0119. The number of benzene rings is 1. The standard InChI is InChI=1S/C28H42O3S/c1-9-28(10-2,22-13-11-21(19(3)17-22)12-16-26(30)31-8)25-18-20(4)23(32-25)14-15-24(29)27(5,6)7/h11,13,17-18,24,29H,9-10,12,14-16H2,1-8H3. The van der Waals surface area contributed by atoms with Crippen molar-refractivity contribution in [2.45, 2.75) is 98.5 Å². The van der Waals surface area contributed by atoms with Crippen LogP contribution in [0.5, 0.6) is 0 Å². The lowest BCUT2D eigenvalue weighted by Crippen LogP contribution is -2.26. The Hall–Kier alpha value is -1.65. The summed E-state index contributed by atoms with van der Waals surface area (Å²) in [5.41, 5.74) is 5.03. The first-order chi connectivity index (χ1) is 15.0. The van der Waals surface area contributed by atoms with E-state index in [1.165, 1.54) is 39.1 Å². The monoisotopic (exact) mass is 458 g/mol. The molecule has 1 atom stereocenters. The predicted octanol–water partition coefficient (Wildman–Crippen LogP) is 6.92. The number of carbonyl (C=O) groups excluding carboxylic acids is 1. The number of ether oxygens (including phenoxy) is 1. The van der Waals surface area contributed by atoms with Crippen molar-refractivity contribution in [3.8, 4) is 0 Å². The van der Waals surface area contributed by atoms with Crippen LogP contribution < -0.4 is 0 Å². The van der Waals surface area contributed by atoms with Crippen LogP contribution in [-0.2, 0) is 27.8 Å². The van der Waals surface area contributed by atoms with E-state index in [-0.39, 0.29) is 22.9 Å². The van der Waals surface area contributed by atoms with Crippen molar-refractivity contribution in [2.75, 3.05) is 7.11 Å². The summed E-state index contributed by atoms with van der Waals surface area (Å²) in [5, 5.41) is 10.5. The van der Waals surface area contributed by atoms with Gasteiger partial charge in [-0.05, 0) is 79.7 Å². The van der Waals surface area contributed by atoms with Crippen LogP contribution in [0.3, 0.4) is 0 Å². The summed E-state index contributed by atoms with van der Waals surface area (Å²) >= 11 is 1.92. The average molecular weight is 459 g/mol. The first kappa shape index (κ1) is 26.6. The summed E-state index contributed by atoms with van der Waals surface area (Å²) in [5.74, 6) is -0.164. The van der Waals surface area contributed by atoms with E-state index in [0.29, 0.717) is 12.8 Å². The maximum atomic E-state index is 11.5. The molecule has 4 heteroatoms. The Morgan fingerprint density at radius 3 is 2.25 bits per heavy atom. The highest BCUT2D eigenvalue weighted by Crippen LogP contribution is 2.44. The van der Waals surface area contributed by atoms with Crippen molar-refractivity contribution in [3.05, 3.63) is 56.3 Å². The van der Waals surface area contributed by atoms with Crippen LogP contribution in [0.2, 0.25) is 0 Å². The Labute approximate surface area is 199 Å². The molecule has 32 heavy (non-hydrogen) atoms. The highest BCUT2D eigenvalue weighted by molar-refractivity contribution is 7.12. The van der Waals surface area contributed by atoms with Crippen LogP contribution in [0.1, 0.15) is 92.3 Å². The zero-order chi connectivity index (χ0) is 24.1. The minimum atomic E-state index is -0.297. The minimum Gasteiger partial charge on any atom is -0.469 e. The Morgan fingerprint density at radius 2 is 1.72 bits per heavy atom. The summed E-state index contributed by atoms with van der Waals surface area (Å²) in [6.45, 7) is 15.2. The SMILES string of the molecule is CCC(CC)(c1ccc(CCC(=O)OC)c(C)c1)c1cc(C)c(CCC(O)C(C)(C)C)s1. The number of aliphatic hydroxyl groups excluding tert-OH is 1. The van der Waals surface area contributed by atoms with Crippen LogP contribution in [0.4, 0.5) is 0 Å². The molecule has 0 aliphatic heterocycles. The molecule has 0 amide bonds. The lowest BCUT2D eigenvalue weighted by atomic mass is 9.73. The topological polar surface area (TPSA) is 46.5 Å². The zero-order valence-corrected chi connectivity index (χ0v) is 22.1. The van der Waals surface area contributed by atoms with E-state index in [4.69, 9.17) is 4.74 Å². The van der Waals surface area contributed by atoms with E-state index >= 15 is 0 Å². The molecule has 2 rings (SSSR count). The Morgan fingerprint density at radius 1 is 1.06 bits per heavy atom. The van der Waals surface area contributed by atoms with E-state index < -0.39 is 0 Å². The smallest absolute Gasteiger partial charge is 0.305 e. The van der Waals surface area contributed by atoms with Gasteiger partial charge < -0.3 is 9.84 Å². The van der Waals surface area contributed by atoms with Crippen molar-refractivity contribution in [3.63, 3.8) is 0 Å². The van der Waals surface area contributed by atoms with Gasteiger partial charge in [0.2, 0.25) is 0 Å². The van der Waals surface area contributed by atoms with Crippen molar-refractivity contribution < 1.29 is 14.6 Å². The largest absolute Gasteiger partial charge is 0.469 e. The third kappa shape index (κ3) is 6.02. The van der Waals surface area contributed by atoms with Gasteiger partial charge in [0.05, 0.1) is 13.2 Å². The van der Waals surface area contributed by atoms with Gasteiger partial charge in [-0.2, -0.15) is 0 Å². The van der Waals surface area contributed by atoms with Crippen LogP contribution in [0.25, 0.3) is 0 Å². The fourth-order valence-electron chi connectivity index (χ4n) is 4.47. The van der Waals surface area contributed by atoms with Crippen molar-refractivity contribution >= 4 is 17.3 Å². The first-order valence-electron chi connectivity index (χ1n) is 11.9. The lowest BCUT2D eigenvalue weighted by molar-refractivity contribution is -0.140. The number of hydrogen-bond acceptors (Lipinski definition) is 4. The second kappa shape index (κ2) is 11.0. The number of rotatable bonds is 10. The summed E-state index contributed by atoms with van der Waals surface area (Å²) in [4.78, 5) is 14.4. The number of thiophene rings is 1.